The van der Waals surface area contributed by atoms with Gasteiger partial charge in [-0.05, 0) is 37.7 Å². The Morgan fingerprint density at radius 1 is 1.10 bits per heavy atom. The van der Waals surface area contributed by atoms with E-state index in [1.54, 1.807) is 14.2 Å². The molecular formula is C24H38AcO6. The summed E-state index contributed by atoms with van der Waals surface area (Å²) in [5.74, 6) is -0.811. The second kappa shape index (κ2) is 8.11. The number of hydrogen-bond donors (Lipinski definition) is 2. The Morgan fingerprint density at radius 2 is 1.71 bits per heavy atom. The molecule has 4 rings (SSSR count). The van der Waals surface area contributed by atoms with Gasteiger partial charge in [0, 0.05) is 76.0 Å². The summed E-state index contributed by atoms with van der Waals surface area (Å²) in [5.41, 5.74) is -1.97. The van der Waals surface area contributed by atoms with Crippen LogP contribution in [-0.2, 0) is 19.0 Å². The molecule has 7 heteroatoms. The molecule has 1 aliphatic heterocycles. The first-order valence-corrected chi connectivity index (χ1v) is 11.2. The molecule has 1 radical (unpaired) electrons. The average molecular weight is 650 g/mol. The van der Waals surface area contributed by atoms with E-state index in [1.807, 2.05) is 27.7 Å². The van der Waals surface area contributed by atoms with E-state index in [2.05, 4.69) is 13.8 Å². The van der Waals surface area contributed by atoms with Crippen LogP contribution in [0, 0.1) is 72.6 Å². The molecule has 0 spiro atoms. The van der Waals surface area contributed by atoms with Crippen LogP contribution in [0.1, 0.15) is 54.4 Å². The van der Waals surface area contributed by atoms with E-state index in [4.69, 9.17) is 14.2 Å². The van der Waals surface area contributed by atoms with Gasteiger partial charge in [0.2, 0.25) is 0 Å². The third-order valence-corrected chi connectivity index (χ3v) is 9.70. The molecule has 3 fully saturated rings. The minimum Gasteiger partial charge on any atom is -0.389 e. The summed E-state index contributed by atoms with van der Waals surface area (Å²) in [5, 5.41) is 24.1. The minimum absolute atomic E-state index is 0. The third-order valence-electron chi connectivity index (χ3n) is 9.70. The maximum Gasteiger partial charge on any atom is 0.174 e. The van der Waals surface area contributed by atoms with Gasteiger partial charge in [0.05, 0.1) is 29.8 Å². The predicted octanol–water partition coefficient (Wildman–Crippen LogP) is 2.50. The van der Waals surface area contributed by atoms with E-state index in [1.165, 1.54) is 0 Å². The number of ketones is 1. The van der Waals surface area contributed by atoms with Gasteiger partial charge in [0.25, 0.3) is 0 Å². The molecule has 0 aromatic carbocycles. The molecule has 1 saturated heterocycles. The van der Waals surface area contributed by atoms with Gasteiger partial charge in [-0.1, -0.05) is 33.3 Å². The Hall–Kier alpha value is 0.652. The van der Waals surface area contributed by atoms with Crippen molar-refractivity contribution in [3.8, 4) is 0 Å². The zero-order chi connectivity index (χ0) is 22.4. The van der Waals surface area contributed by atoms with Crippen molar-refractivity contribution in [2.45, 2.75) is 83.9 Å². The Kier molecular flexibility index (Phi) is 6.87. The van der Waals surface area contributed by atoms with Crippen molar-refractivity contribution in [2.24, 2.45) is 28.6 Å². The monoisotopic (exact) mass is 649 g/mol. The van der Waals surface area contributed by atoms with Crippen LogP contribution in [0.4, 0.5) is 0 Å². The molecule has 173 valence electrons. The van der Waals surface area contributed by atoms with Crippen molar-refractivity contribution >= 4 is 5.78 Å². The normalized spacial score (nSPS) is 51.0. The Labute approximate surface area is 222 Å². The fourth-order valence-electron chi connectivity index (χ4n) is 7.77. The summed E-state index contributed by atoms with van der Waals surface area (Å²) in [6, 6.07) is 0. The van der Waals surface area contributed by atoms with E-state index in [0.717, 1.165) is 11.1 Å². The number of hydrogen-bond acceptors (Lipinski definition) is 6. The largest absolute Gasteiger partial charge is 0.389 e. The second-order valence-corrected chi connectivity index (χ2v) is 11.0. The topological polar surface area (TPSA) is 85.2 Å². The van der Waals surface area contributed by atoms with Crippen molar-refractivity contribution in [1.82, 2.24) is 0 Å². The number of carbonyl (C=O) groups is 1. The van der Waals surface area contributed by atoms with Gasteiger partial charge in [0.15, 0.2) is 5.78 Å². The summed E-state index contributed by atoms with van der Waals surface area (Å²) in [4.78, 5) is 14.3. The summed E-state index contributed by atoms with van der Waals surface area (Å²) in [6.45, 7) is 12.3. The van der Waals surface area contributed by atoms with Gasteiger partial charge in [-0.15, -0.1) is 0 Å². The fourth-order valence-corrected chi connectivity index (χ4v) is 7.77. The van der Waals surface area contributed by atoms with Crippen molar-refractivity contribution in [1.29, 1.82) is 0 Å². The smallest absolute Gasteiger partial charge is 0.174 e. The van der Waals surface area contributed by atoms with Crippen molar-refractivity contribution < 1.29 is 73.3 Å². The van der Waals surface area contributed by atoms with Crippen LogP contribution in [0.15, 0.2) is 11.1 Å². The first-order valence-electron chi connectivity index (χ1n) is 11.2. The molecule has 9 atom stereocenters. The van der Waals surface area contributed by atoms with Gasteiger partial charge < -0.3 is 24.4 Å². The zero-order valence-corrected chi connectivity index (χ0v) is 24.9. The number of carbonyl (C=O) groups excluding carboxylic acids is 1. The van der Waals surface area contributed by atoms with Crippen molar-refractivity contribution in [2.75, 3.05) is 20.8 Å². The quantitative estimate of drug-likeness (QED) is 0.448. The van der Waals surface area contributed by atoms with Gasteiger partial charge >= 0.3 is 0 Å². The van der Waals surface area contributed by atoms with E-state index >= 15 is 0 Å². The fraction of sp³-hybridized carbons (Fsp3) is 0.875. The molecule has 0 amide bonds. The number of rotatable bonds is 2. The molecule has 0 aromatic heterocycles. The van der Waals surface area contributed by atoms with Gasteiger partial charge in [-0.25, -0.2) is 0 Å². The van der Waals surface area contributed by atoms with Gasteiger partial charge in [-0.3, -0.25) is 4.79 Å². The molecule has 2 bridgehead atoms. The predicted molar refractivity (Wildman–Crippen MR) is 112 cm³/mol. The molecule has 4 aliphatic rings. The van der Waals surface area contributed by atoms with E-state index in [-0.39, 0.29) is 74.4 Å². The summed E-state index contributed by atoms with van der Waals surface area (Å²) in [7, 11) is 3.18. The maximum absolute atomic E-state index is 14.3. The first kappa shape index (κ1) is 26.3. The number of methoxy groups -OCH3 is 2. The second-order valence-electron chi connectivity index (χ2n) is 11.0. The molecule has 3 aliphatic carbocycles. The SMILES string of the molecule is COC1C(=O)C2(C)C(OC)CC3OCC3(O)C2C(C)C2(O)CC(C)C(C)=C1C2(C)C.[Ac]. The van der Waals surface area contributed by atoms with Crippen molar-refractivity contribution in [3.05, 3.63) is 11.1 Å². The molecule has 0 aromatic rings. The van der Waals surface area contributed by atoms with Crippen molar-refractivity contribution in [3.63, 3.8) is 0 Å². The molecule has 1 heterocycles. The van der Waals surface area contributed by atoms with Gasteiger partial charge in [-0.2, -0.15) is 0 Å². The standard InChI is InChI=1S/C24H38O6.Ac/c1-12-10-24(27)14(3)19-22(6,15(28-7)9-16-23(19,26)11-30-16)20(25)18(29-8)17(13(12)2)21(24,4)5;/h12,14-16,18-19,26-27H,9-11H2,1-8H3;. The summed E-state index contributed by atoms with van der Waals surface area (Å²) >= 11 is 0. The first-order chi connectivity index (χ1) is 13.8. The van der Waals surface area contributed by atoms with Crippen LogP contribution in [0.2, 0.25) is 0 Å². The number of fused-ring (bicyclic) bond motifs is 5. The average Bonchev–Trinajstić information content (AvgIpc) is 2.67. The van der Waals surface area contributed by atoms with E-state index in [0.29, 0.717) is 12.8 Å². The van der Waals surface area contributed by atoms with E-state index in [9.17, 15) is 15.0 Å². The van der Waals surface area contributed by atoms with Crippen LogP contribution < -0.4 is 0 Å². The Balaban J connectivity index is 0.00000272. The van der Waals surface area contributed by atoms with Gasteiger partial charge in [0.1, 0.15) is 11.7 Å². The Bertz CT molecular complexity index is 795. The molecule has 9 unspecified atom stereocenters. The Morgan fingerprint density at radius 3 is 2.19 bits per heavy atom. The number of aliphatic hydroxyl groups is 2. The zero-order valence-electron chi connectivity index (χ0n) is 20.2. The number of ether oxygens (including phenoxy) is 3. The molecule has 6 nitrogen and oxygen atoms in total. The molecule has 31 heavy (non-hydrogen) atoms. The van der Waals surface area contributed by atoms with Crippen LogP contribution in [-0.4, -0.2) is 66.3 Å². The summed E-state index contributed by atoms with van der Waals surface area (Å²) in [6.07, 6.45) is -0.573. The summed E-state index contributed by atoms with van der Waals surface area (Å²) < 4.78 is 17.5. The van der Waals surface area contributed by atoms with E-state index < -0.39 is 40.2 Å². The van der Waals surface area contributed by atoms with Crippen LogP contribution in [0.5, 0.6) is 0 Å². The number of allylic oxidation sites excluding steroid dienone is 1. The molecular weight excluding hydrogens is 611 g/mol. The third kappa shape index (κ3) is 3.06. The minimum atomic E-state index is -1.17. The molecule has 2 N–H and O–H groups in total. The maximum atomic E-state index is 14.3. The van der Waals surface area contributed by atoms with Crippen LogP contribution in [0.25, 0.3) is 0 Å². The van der Waals surface area contributed by atoms with Crippen LogP contribution >= 0.6 is 0 Å². The molecule has 2 saturated carbocycles. The number of Topliss-reactive ketones (excluding diaryl/α,β-unsaturated/α-hetero) is 1. The van der Waals surface area contributed by atoms with Crippen LogP contribution in [0.3, 0.4) is 0 Å².